The van der Waals surface area contributed by atoms with Crippen molar-refractivity contribution in [3.05, 3.63) is 23.8 Å². The molecule has 3 rings (SSSR count). The Balaban J connectivity index is 1.68. The molecule has 1 atom stereocenters. The van der Waals surface area contributed by atoms with Crippen LogP contribution in [0, 0.1) is 11.6 Å². The second-order valence-corrected chi connectivity index (χ2v) is 8.08. The normalized spacial score (nSPS) is 18.6. The molecule has 10 heteroatoms. The van der Waals surface area contributed by atoms with E-state index in [1.54, 1.807) is 4.90 Å². The zero-order chi connectivity index (χ0) is 22.7. The highest BCUT2D eigenvalue weighted by Crippen LogP contribution is 2.31. The third kappa shape index (κ3) is 5.62. The number of hydrogen-bond donors (Lipinski definition) is 1. The number of hydrogen-bond acceptors (Lipinski definition) is 6. The number of carbonyl (C=O) groups excluding carboxylic acids is 2. The lowest BCUT2D eigenvalue weighted by molar-refractivity contribution is -0.119. The molecule has 0 spiro atoms. The Bertz CT molecular complexity index is 797. The fourth-order valence-electron chi connectivity index (χ4n) is 3.68. The molecule has 1 heterocycles. The summed E-state index contributed by atoms with van der Waals surface area (Å²) in [6.07, 6.45) is 1.08. The number of cyclic esters (lactones) is 1. The van der Waals surface area contributed by atoms with Crippen LogP contribution in [-0.4, -0.2) is 81.0 Å². The number of amides is 2. The Morgan fingerprint density at radius 1 is 1.23 bits per heavy atom. The Hall–Kier alpha value is -2.46. The number of ether oxygens (including phenoxy) is 1. The first-order valence-electron chi connectivity index (χ1n) is 10.6. The van der Waals surface area contributed by atoms with Gasteiger partial charge in [-0.3, -0.25) is 9.69 Å². The minimum Gasteiger partial charge on any atom is -0.442 e. The summed E-state index contributed by atoms with van der Waals surface area (Å²) in [5, 5.41) is 6.81. The van der Waals surface area contributed by atoms with E-state index in [0.717, 1.165) is 12.1 Å². The monoisotopic (exact) mass is 439 g/mol. The van der Waals surface area contributed by atoms with E-state index in [1.807, 2.05) is 21.0 Å². The molecule has 1 saturated carbocycles. The first-order valence-corrected chi connectivity index (χ1v) is 10.6. The SMILES string of the molecule is CCN(CCN(C)N(C)C1CC1)c1c(F)cc(N2C[C@H](CNC(C)=O)OC2=O)cc1F. The Labute approximate surface area is 181 Å². The van der Waals surface area contributed by atoms with Crippen LogP contribution in [0.4, 0.5) is 25.0 Å². The molecule has 1 aliphatic heterocycles. The number of hydrazine groups is 1. The van der Waals surface area contributed by atoms with E-state index >= 15 is 0 Å². The lowest BCUT2D eigenvalue weighted by Gasteiger charge is -2.32. The molecular weight excluding hydrogens is 408 g/mol. The third-order valence-corrected chi connectivity index (χ3v) is 5.77. The van der Waals surface area contributed by atoms with Crippen molar-refractivity contribution in [2.45, 2.75) is 38.8 Å². The van der Waals surface area contributed by atoms with Crippen LogP contribution in [0.1, 0.15) is 26.7 Å². The van der Waals surface area contributed by atoms with Crippen LogP contribution in [0.2, 0.25) is 0 Å². The molecule has 31 heavy (non-hydrogen) atoms. The number of nitrogens with zero attached hydrogens (tertiary/aromatic N) is 4. The first-order chi connectivity index (χ1) is 14.7. The number of halogens is 2. The molecule has 1 aliphatic carbocycles. The van der Waals surface area contributed by atoms with Crippen molar-refractivity contribution >= 4 is 23.4 Å². The fraction of sp³-hybridized carbons (Fsp3) is 0.619. The predicted octanol–water partition coefficient (Wildman–Crippen LogP) is 2.19. The van der Waals surface area contributed by atoms with Crippen molar-refractivity contribution < 1.29 is 23.1 Å². The zero-order valence-corrected chi connectivity index (χ0v) is 18.5. The minimum atomic E-state index is -0.729. The molecule has 1 aromatic rings. The highest BCUT2D eigenvalue weighted by Gasteiger charge is 2.34. The van der Waals surface area contributed by atoms with Crippen molar-refractivity contribution in [3.63, 3.8) is 0 Å². The second-order valence-electron chi connectivity index (χ2n) is 8.08. The van der Waals surface area contributed by atoms with Crippen LogP contribution >= 0.6 is 0 Å². The van der Waals surface area contributed by atoms with Gasteiger partial charge in [0, 0.05) is 58.8 Å². The molecule has 1 aromatic carbocycles. The standard InChI is InChI=1S/C21H31F2N5O3/c1-5-27(9-8-25(3)26(4)15-6-7-15)20-18(22)10-16(11-19(20)23)28-13-17(31-21(28)30)12-24-14(2)29/h10-11,15,17H,5-9,12-13H2,1-4H3,(H,24,29)/t17-/m0/s1. The summed E-state index contributed by atoms with van der Waals surface area (Å²) in [6.45, 7) is 4.99. The predicted molar refractivity (Wildman–Crippen MR) is 114 cm³/mol. The Morgan fingerprint density at radius 3 is 2.42 bits per heavy atom. The van der Waals surface area contributed by atoms with Gasteiger partial charge in [0.2, 0.25) is 5.91 Å². The largest absolute Gasteiger partial charge is 0.442 e. The third-order valence-electron chi connectivity index (χ3n) is 5.77. The minimum absolute atomic E-state index is 0.0933. The molecule has 2 fully saturated rings. The molecule has 0 bridgehead atoms. The summed E-state index contributed by atoms with van der Waals surface area (Å²) in [4.78, 5) is 26.0. The molecular formula is C21H31F2N5O3. The van der Waals surface area contributed by atoms with Crippen LogP contribution < -0.4 is 15.1 Å². The molecule has 1 N–H and O–H groups in total. The van der Waals surface area contributed by atoms with Gasteiger partial charge in [0.25, 0.3) is 0 Å². The number of anilines is 2. The summed E-state index contributed by atoms with van der Waals surface area (Å²) in [7, 11) is 4.00. The first kappa shape index (κ1) is 23.2. The molecule has 2 aliphatic rings. The van der Waals surface area contributed by atoms with E-state index in [9.17, 15) is 18.4 Å². The Morgan fingerprint density at radius 2 is 1.87 bits per heavy atom. The van der Waals surface area contributed by atoms with Gasteiger partial charge in [-0.05, 0) is 19.8 Å². The van der Waals surface area contributed by atoms with Crippen molar-refractivity contribution in [3.8, 4) is 0 Å². The number of benzene rings is 1. The highest BCUT2D eigenvalue weighted by molar-refractivity contribution is 5.90. The average Bonchev–Trinajstić information content (AvgIpc) is 3.49. The number of likely N-dealkylation sites (N-methyl/N-ethyl adjacent to an activating group) is 2. The van der Waals surface area contributed by atoms with Crippen molar-refractivity contribution in [2.75, 3.05) is 56.6 Å². The molecule has 172 valence electrons. The summed E-state index contributed by atoms with van der Waals surface area (Å²) >= 11 is 0. The van der Waals surface area contributed by atoms with Gasteiger partial charge < -0.3 is 15.0 Å². The topological polar surface area (TPSA) is 68.4 Å². The van der Waals surface area contributed by atoms with E-state index in [0.29, 0.717) is 25.7 Å². The van der Waals surface area contributed by atoms with E-state index in [-0.39, 0.29) is 30.4 Å². The van der Waals surface area contributed by atoms with Crippen molar-refractivity contribution in [2.24, 2.45) is 0 Å². The maximum atomic E-state index is 15.0. The van der Waals surface area contributed by atoms with Gasteiger partial charge in [0.15, 0.2) is 11.6 Å². The highest BCUT2D eigenvalue weighted by atomic mass is 19.1. The van der Waals surface area contributed by atoms with Crippen molar-refractivity contribution in [1.82, 2.24) is 15.3 Å². The van der Waals surface area contributed by atoms with Crippen LogP contribution in [0.3, 0.4) is 0 Å². The average molecular weight is 440 g/mol. The molecule has 0 radical (unpaired) electrons. The smallest absolute Gasteiger partial charge is 0.414 e. The maximum Gasteiger partial charge on any atom is 0.414 e. The lowest BCUT2D eigenvalue weighted by Crippen LogP contribution is -2.43. The maximum absolute atomic E-state index is 15.0. The van der Waals surface area contributed by atoms with Gasteiger partial charge in [-0.15, -0.1) is 0 Å². The van der Waals surface area contributed by atoms with E-state index in [2.05, 4.69) is 15.3 Å². The van der Waals surface area contributed by atoms with Gasteiger partial charge >= 0.3 is 6.09 Å². The van der Waals surface area contributed by atoms with E-state index in [1.165, 1.54) is 24.7 Å². The number of nitrogens with one attached hydrogen (secondary N) is 1. The quantitative estimate of drug-likeness (QED) is 0.564. The second kappa shape index (κ2) is 9.78. The lowest BCUT2D eigenvalue weighted by atomic mass is 10.2. The number of carbonyl (C=O) groups is 2. The van der Waals surface area contributed by atoms with Gasteiger partial charge in [0.05, 0.1) is 18.8 Å². The molecule has 2 amide bonds. The summed E-state index contributed by atoms with van der Waals surface area (Å²) in [6, 6.07) is 2.87. The molecule has 0 unspecified atom stereocenters. The van der Waals surface area contributed by atoms with E-state index in [4.69, 9.17) is 4.74 Å². The number of rotatable bonds is 10. The summed E-state index contributed by atoms with van der Waals surface area (Å²) in [5.41, 5.74) is -0.00759. The summed E-state index contributed by atoms with van der Waals surface area (Å²) < 4.78 is 35.1. The van der Waals surface area contributed by atoms with Crippen molar-refractivity contribution in [1.29, 1.82) is 0 Å². The molecule has 1 saturated heterocycles. The zero-order valence-electron chi connectivity index (χ0n) is 18.5. The van der Waals surface area contributed by atoms with E-state index < -0.39 is 23.8 Å². The van der Waals surface area contributed by atoms with Gasteiger partial charge in [-0.1, -0.05) is 0 Å². The summed E-state index contributed by atoms with van der Waals surface area (Å²) in [5.74, 6) is -1.70. The fourth-order valence-corrected chi connectivity index (χ4v) is 3.68. The molecule has 0 aromatic heterocycles. The van der Waals surface area contributed by atoms with Gasteiger partial charge in [-0.2, -0.15) is 0 Å². The van der Waals surface area contributed by atoms with Crippen LogP contribution in [0.15, 0.2) is 12.1 Å². The molecule has 8 nitrogen and oxygen atoms in total. The Kier molecular flexibility index (Phi) is 7.32. The van der Waals surface area contributed by atoms with Gasteiger partial charge in [0.1, 0.15) is 11.8 Å². The van der Waals surface area contributed by atoms with Crippen LogP contribution in [-0.2, 0) is 9.53 Å². The van der Waals surface area contributed by atoms with Gasteiger partial charge in [-0.25, -0.2) is 23.6 Å². The van der Waals surface area contributed by atoms with Crippen LogP contribution in [0.5, 0.6) is 0 Å². The van der Waals surface area contributed by atoms with Crippen LogP contribution in [0.25, 0.3) is 0 Å².